The second-order valence-electron chi connectivity index (χ2n) is 21.1. The molecule has 2 bridgehead atoms. The first-order chi connectivity index (χ1) is 36.2. The van der Waals surface area contributed by atoms with Gasteiger partial charge in [0.25, 0.3) is 5.79 Å². The van der Waals surface area contributed by atoms with Crippen molar-refractivity contribution in [2.45, 2.75) is 133 Å². The largest absolute Gasteiger partial charge is 0.469 e. The van der Waals surface area contributed by atoms with Gasteiger partial charge in [0.05, 0.1) is 62.6 Å². The first kappa shape index (κ1) is 53.1. The molecule has 7 fully saturated rings. The molecular formula is C51H60N4O21. The van der Waals surface area contributed by atoms with Gasteiger partial charge >= 0.3 is 35.5 Å². The van der Waals surface area contributed by atoms with Crippen LogP contribution in [-0.2, 0) is 76.1 Å². The Bertz CT molecular complexity index is 2860. The summed E-state index contributed by atoms with van der Waals surface area (Å²) < 4.78 is 72.9. The Morgan fingerprint density at radius 3 is 2.45 bits per heavy atom. The molecule has 410 valence electrons. The van der Waals surface area contributed by atoms with E-state index in [1.165, 1.54) is 24.5 Å². The number of nitrogens with one attached hydrogen (secondary N) is 1. The van der Waals surface area contributed by atoms with Gasteiger partial charge in [0.15, 0.2) is 17.7 Å². The number of nitro groups is 1. The molecule has 3 N–H and O–H groups in total. The van der Waals surface area contributed by atoms with Crippen molar-refractivity contribution in [1.29, 1.82) is 0 Å². The molecule has 4 saturated heterocycles. The van der Waals surface area contributed by atoms with Gasteiger partial charge in [-0.1, -0.05) is 31.3 Å². The van der Waals surface area contributed by atoms with Crippen molar-refractivity contribution in [1.82, 2.24) is 10.3 Å². The van der Waals surface area contributed by atoms with E-state index in [2.05, 4.69) is 27.5 Å². The highest BCUT2D eigenvalue weighted by Crippen LogP contribution is 2.83. The number of hydrogen-bond acceptors (Lipinski definition) is 24. The van der Waals surface area contributed by atoms with Crippen molar-refractivity contribution >= 4 is 52.3 Å². The van der Waals surface area contributed by atoms with Crippen LogP contribution >= 0.6 is 0 Å². The van der Waals surface area contributed by atoms with Gasteiger partial charge in [-0.2, -0.15) is 0 Å². The number of aliphatic hydroxyl groups excluding tert-OH is 1. The van der Waals surface area contributed by atoms with Crippen LogP contribution in [0.3, 0.4) is 0 Å². The predicted molar refractivity (Wildman–Crippen MR) is 252 cm³/mol. The number of nitro benzene ring substituents is 1. The number of allylic oxidation sites excluding steroid dienone is 1. The summed E-state index contributed by atoms with van der Waals surface area (Å²) in [4.78, 5) is 80.3. The van der Waals surface area contributed by atoms with Crippen LogP contribution in [0.1, 0.15) is 73.1 Å². The van der Waals surface area contributed by atoms with E-state index in [0.29, 0.717) is 31.5 Å². The van der Waals surface area contributed by atoms with Gasteiger partial charge < -0.3 is 67.6 Å². The van der Waals surface area contributed by atoms with Crippen molar-refractivity contribution < 1.29 is 95.8 Å². The fourth-order valence-corrected chi connectivity index (χ4v) is 14.7. The second-order valence-corrected chi connectivity index (χ2v) is 21.1. The molecule has 3 saturated carbocycles. The van der Waals surface area contributed by atoms with Crippen LogP contribution in [0.5, 0.6) is 0 Å². The van der Waals surface area contributed by atoms with E-state index in [-0.39, 0.29) is 48.2 Å². The number of rotatable bonds is 17. The molecule has 6 heterocycles. The van der Waals surface area contributed by atoms with Gasteiger partial charge in [0, 0.05) is 66.5 Å². The minimum atomic E-state index is -2.56. The Morgan fingerprint density at radius 1 is 0.974 bits per heavy atom. The van der Waals surface area contributed by atoms with E-state index in [9.17, 15) is 39.5 Å². The molecule has 3 aliphatic carbocycles. The number of epoxide rings is 1. The summed E-state index contributed by atoms with van der Waals surface area (Å²) in [5.74, 6) is -4.57. The number of methoxy groups -OCH3 is 2. The van der Waals surface area contributed by atoms with Gasteiger partial charge in [0.2, 0.25) is 11.8 Å². The number of anilines is 1. The first-order valence-corrected chi connectivity index (χ1v) is 25.1. The molecule has 0 unspecified atom stereocenters. The van der Waals surface area contributed by atoms with Gasteiger partial charge in [0.1, 0.15) is 35.4 Å². The Labute approximate surface area is 434 Å². The number of non-ortho nitro benzene ring substituents is 1. The maximum atomic E-state index is 15.0. The number of aliphatic hydroxyl groups is 2. The molecule has 5 aliphatic heterocycles. The minimum Gasteiger partial charge on any atom is -0.469 e. The third kappa shape index (κ3) is 7.27. The summed E-state index contributed by atoms with van der Waals surface area (Å²) in [7, 11) is 2.27. The van der Waals surface area contributed by atoms with Crippen molar-refractivity contribution in [3.8, 4) is 11.8 Å². The number of unbranched alkanes of at least 4 members (excludes halogenated alkanes) is 2. The number of nitrogens with zero attached hydrogens (tertiary/aromatic N) is 3. The summed E-state index contributed by atoms with van der Waals surface area (Å²) in [6.07, 6.45) is -1.81. The van der Waals surface area contributed by atoms with E-state index in [4.69, 9.17) is 56.7 Å². The molecule has 10 rings (SSSR count). The zero-order valence-electron chi connectivity index (χ0n) is 42.9. The lowest BCUT2D eigenvalue weighted by molar-refractivity contribution is -0.383. The monoisotopic (exact) mass is 1060 g/mol. The van der Waals surface area contributed by atoms with Crippen molar-refractivity contribution in [3.05, 3.63) is 46.2 Å². The van der Waals surface area contributed by atoms with Crippen LogP contribution < -0.4 is 5.32 Å². The zero-order valence-corrected chi connectivity index (χ0v) is 42.9. The van der Waals surface area contributed by atoms with E-state index < -0.39 is 148 Å². The fourth-order valence-electron chi connectivity index (χ4n) is 14.7. The maximum Gasteiger partial charge on any atom is 0.366 e. The highest BCUT2D eigenvalue weighted by molar-refractivity contribution is 5.93. The van der Waals surface area contributed by atoms with E-state index in [1.54, 1.807) is 33.8 Å². The van der Waals surface area contributed by atoms with Crippen LogP contribution in [-0.4, -0.2) is 162 Å². The van der Waals surface area contributed by atoms with Gasteiger partial charge in [-0.05, 0) is 62.5 Å². The molecule has 1 aromatic heterocycles. The van der Waals surface area contributed by atoms with E-state index >= 15 is 4.79 Å². The Hall–Kier alpha value is -6.27. The van der Waals surface area contributed by atoms with Crippen LogP contribution in [0.25, 0.3) is 11.0 Å². The molecule has 25 nitrogen and oxygen atoms in total. The first-order valence-electron chi connectivity index (χ1n) is 25.1. The Balaban J connectivity index is 0.945. The maximum absolute atomic E-state index is 15.0. The highest BCUT2D eigenvalue weighted by Gasteiger charge is 2.97. The summed E-state index contributed by atoms with van der Waals surface area (Å²) in [5, 5.41) is 47.5. The molecule has 2 aromatic rings. The molecule has 1 aromatic carbocycles. The molecule has 8 aliphatic rings. The zero-order chi connectivity index (χ0) is 54.4. The molecule has 1 spiro atoms. The standard InChI is InChI=1S/C51H60N4O21/c1-8-26(2)40(59)73-31-23-32(72-27(3)56)48(42(60)65-6)24-69-37-38(48)47(31)25-71-50(43(61)66-7,41(47)45(4,39(37)58)51-33-22-30(46(51,5)75-51)49(62)17-21-68-44(49)74-33)70-20-13-12-19-67-34(57)14-10-9-11-18-52-28-15-16-29(55(63)64)36-35(28)53-76-54-36/h8,15-17,21,30-33,37-39,41,44,52,58,62H,9-11,14,18-20,22-25H2,1-7H3/b26-8+/t30-,31+,32-,33+,37-,38-,39-,41+,44+,45-,46+,47+,48+,49+,50+,51+/m1/s1. The molecule has 0 radical (unpaired) electrons. The lowest BCUT2D eigenvalue weighted by Gasteiger charge is -2.66. The normalized spacial score (nSPS) is 39.8. The summed E-state index contributed by atoms with van der Waals surface area (Å²) in [6.45, 7) is 6.39. The predicted octanol–water partition coefficient (Wildman–Crippen LogP) is 2.48. The topological polar surface area (TPSA) is 325 Å². The summed E-state index contributed by atoms with van der Waals surface area (Å²) in [5.41, 5.74) is -9.39. The number of fused-ring (bicyclic) bond motifs is 8. The Morgan fingerprint density at radius 2 is 1.72 bits per heavy atom. The number of carbonyl (C=O) groups excluding carboxylic acids is 5. The van der Waals surface area contributed by atoms with Crippen molar-refractivity contribution in [3.63, 3.8) is 0 Å². The number of aromatic nitrogens is 2. The number of hydrogen-bond donors (Lipinski definition) is 3. The summed E-state index contributed by atoms with van der Waals surface area (Å²) in [6, 6.07) is 2.83. The molecule has 0 amide bonds. The van der Waals surface area contributed by atoms with Crippen LogP contribution in [0.4, 0.5) is 11.4 Å². The van der Waals surface area contributed by atoms with Crippen LogP contribution in [0, 0.1) is 56.0 Å². The molecule has 16 atom stereocenters. The quantitative estimate of drug-likeness (QED) is 0.0299. The van der Waals surface area contributed by atoms with Crippen LogP contribution in [0.15, 0.2) is 40.7 Å². The minimum absolute atomic E-state index is 0.0257. The fraction of sp³-hybridized carbons (Fsp3) is 0.667. The molecular weight excluding hydrogens is 1000 g/mol. The molecule has 25 heteroatoms. The Kier molecular flexibility index (Phi) is 13.3. The number of ether oxygens (including phenoxy) is 11. The second kappa shape index (κ2) is 19.0. The highest BCUT2D eigenvalue weighted by atomic mass is 16.7. The molecule has 76 heavy (non-hydrogen) atoms. The summed E-state index contributed by atoms with van der Waals surface area (Å²) >= 11 is 0. The van der Waals surface area contributed by atoms with Crippen molar-refractivity contribution in [2.75, 3.05) is 52.5 Å². The third-order valence-corrected chi connectivity index (χ3v) is 17.9. The number of benzene rings is 1. The van der Waals surface area contributed by atoms with Gasteiger partial charge in [-0.3, -0.25) is 24.5 Å². The van der Waals surface area contributed by atoms with Crippen LogP contribution in [0.2, 0.25) is 0 Å². The lowest BCUT2D eigenvalue weighted by atomic mass is 9.37. The SMILES string of the molecule is C/C=C(\C)C(=O)O[C@H]1C[C@@H](OC(C)=O)[C@@]2(C(=O)OC)CO[C@H]3[C@@H](O)[C@@](C)([C@]45O[C@@]4(C)[C@H]4C[C@@H]5O[C@@H]5OC=C[C@@]54O)[C@@H]4[C@@](OCC#CCOC(=O)CCCCCNc5ccc([N+](=O)[O-])c6nonc56)(C(=O)OC)OC[C@@]14[C@@H]32. The average Bonchev–Trinajstić information content (AvgIpc) is 4.06. The third-order valence-electron chi connectivity index (χ3n) is 17.9. The van der Waals surface area contributed by atoms with Gasteiger partial charge in [-0.25, -0.2) is 14.2 Å². The van der Waals surface area contributed by atoms with E-state index in [1.807, 2.05) is 0 Å². The average molecular weight is 1070 g/mol. The number of carbonyl (C=O) groups is 5. The smallest absolute Gasteiger partial charge is 0.366 e. The van der Waals surface area contributed by atoms with Crippen molar-refractivity contribution in [2.24, 2.45) is 34.0 Å². The number of esters is 5. The lowest BCUT2D eigenvalue weighted by Crippen LogP contribution is -2.79. The van der Waals surface area contributed by atoms with Gasteiger partial charge in [-0.15, -0.1) is 0 Å². The van der Waals surface area contributed by atoms with E-state index in [0.717, 1.165) is 21.1 Å².